The fourth-order valence-corrected chi connectivity index (χ4v) is 4.37. The van der Waals surface area contributed by atoms with E-state index in [2.05, 4.69) is 28.7 Å². The Bertz CT molecular complexity index is 925. The van der Waals surface area contributed by atoms with E-state index in [-0.39, 0.29) is 11.9 Å². The van der Waals surface area contributed by atoms with Crippen LogP contribution in [0.1, 0.15) is 31.2 Å². The fourth-order valence-electron chi connectivity index (χ4n) is 4.20. The van der Waals surface area contributed by atoms with E-state index in [0.29, 0.717) is 10.9 Å². The van der Waals surface area contributed by atoms with E-state index in [0.717, 1.165) is 43.7 Å². The molecule has 3 aromatic rings. The fraction of sp³-hybridized carbons (Fsp3) is 0.364. The zero-order valence-electron chi connectivity index (χ0n) is 15.5. The monoisotopic (exact) mass is 385 g/mol. The molecule has 0 saturated carbocycles. The van der Waals surface area contributed by atoms with Crippen LogP contribution in [0.4, 0.5) is 4.39 Å². The van der Waals surface area contributed by atoms with E-state index in [9.17, 15) is 4.39 Å². The third-order valence-corrected chi connectivity index (χ3v) is 5.71. The van der Waals surface area contributed by atoms with Gasteiger partial charge in [0.15, 0.2) is 0 Å². The van der Waals surface area contributed by atoms with Gasteiger partial charge in [0, 0.05) is 34.9 Å². The smallest absolute Gasteiger partial charge is 0.123 e. The molecule has 3 nitrogen and oxygen atoms in total. The summed E-state index contributed by atoms with van der Waals surface area (Å²) in [6.07, 6.45) is 4.45. The summed E-state index contributed by atoms with van der Waals surface area (Å²) >= 11 is 6.27. The zero-order chi connectivity index (χ0) is 19.0. The first-order valence-corrected chi connectivity index (χ1v) is 9.93. The molecule has 1 fully saturated rings. The molecule has 2 N–H and O–H groups in total. The van der Waals surface area contributed by atoms with Crippen LogP contribution in [0.2, 0.25) is 5.02 Å². The van der Waals surface area contributed by atoms with Crippen LogP contribution in [0.3, 0.4) is 0 Å². The highest BCUT2D eigenvalue weighted by atomic mass is 35.5. The van der Waals surface area contributed by atoms with Crippen LogP contribution in [-0.4, -0.2) is 35.1 Å². The molecule has 5 heteroatoms. The van der Waals surface area contributed by atoms with Crippen LogP contribution >= 0.6 is 11.6 Å². The van der Waals surface area contributed by atoms with Crippen molar-refractivity contribution in [1.82, 2.24) is 9.47 Å². The molecule has 1 unspecified atom stereocenters. The van der Waals surface area contributed by atoms with Crippen molar-refractivity contribution in [2.45, 2.75) is 31.7 Å². The van der Waals surface area contributed by atoms with Gasteiger partial charge in [0.1, 0.15) is 5.82 Å². The van der Waals surface area contributed by atoms with Crippen molar-refractivity contribution in [1.29, 1.82) is 0 Å². The summed E-state index contributed by atoms with van der Waals surface area (Å²) in [4.78, 5) is 2.46. The highest BCUT2D eigenvalue weighted by molar-refractivity contribution is 6.31. The van der Waals surface area contributed by atoms with Gasteiger partial charge in [-0.1, -0.05) is 17.7 Å². The first-order chi connectivity index (χ1) is 13.0. The molecule has 1 aromatic heterocycles. The number of fused-ring (bicyclic) bond motifs is 1. The molecule has 0 aliphatic carbocycles. The predicted molar refractivity (Wildman–Crippen MR) is 110 cm³/mol. The van der Waals surface area contributed by atoms with Gasteiger partial charge in [-0.25, -0.2) is 4.39 Å². The van der Waals surface area contributed by atoms with Gasteiger partial charge in [0.2, 0.25) is 0 Å². The van der Waals surface area contributed by atoms with E-state index < -0.39 is 0 Å². The molecular weight excluding hydrogens is 361 g/mol. The van der Waals surface area contributed by atoms with E-state index in [4.69, 9.17) is 17.3 Å². The summed E-state index contributed by atoms with van der Waals surface area (Å²) in [5.74, 6) is 0.287. The van der Waals surface area contributed by atoms with Crippen molar-refractivity contribution in [3.63, 3.8) is 0 Å². The van der Waals surface area contributed by atoms with Gasteiger partial charge in [0.05, 0.1) is 5.52 Å². The second-order valence-corrected chi connectivity index (χ2v) is 8.08. The number of piperidine rings is 1. The first-order valence-electron chi connectivity index (χ1n) is 9.55. The van der Waals surface area contributed by atoms with E-state index in [1.165, 1.54) is 23.1 Å². The minimum absolute atomic E-state index is 0.212. The molecule has 1 atom stereocenters. The molecule has 2 aromatic carbocycles. The molecule has 0 spiro atoms. The van der Waals surface area contributed by atoms with Gasteiger partial charge < -0.3 is 15.2 Å². The molecule has 142 valence electrons. The Morgan fingerprint density at radius 1 is 1.15 bits per heavy atom. The molecule has 0 amide bonds. The molecule has 27 heavy (non-hydrogen) atoms. The van der Waals surface area contributed by atoms with E-state index in [1.807, 2.05) is 24.3 Å². The van der Waals surface area contributed by atoms with Crippen molar-refractivity contribution < 1.29 is 4.39 Å². The summed E-state index contributed by atoms with van der Waals surface area (Å²) in [5.41, 5.74) is 9.32. The first kappa shape index (κ1) is 18.5. The third-order valence-electron chi connectivity index (χ3n) is 5.48. The molecule has 1 aliphatic heterocycles. The summed E-state index contributed by atoms with van der Waals surface area (Å²) in [7, 11) is 0. The lowest BCUT2D eigenvalue weighted by molar-refractivity contribution is 0.204. The number of hydrogen-bond acceptors (Lipinski definition) is 2. The number of nitrogens with zero attached hydrogens (tertiary/aromatic N) is 2. The van der Waals surface area contributed by atoms with Crippen LogP contribution < -0.4 is 5.73 Å². The highest BCUT2D eigenvalue weighted by Crippen LogP contribution is 2.36. The second-order valence-electron chi connectivity index (χ2n) is 7.64. The Morgan fingerprint density at radius 2 is 1.85 bits per heavy atom. The van der Waals surface area contributed by atoms with Gasteiger partial charge in [0.25, 0.3) is 0 Å². The van der Waals surface area contributed by atoms with Crippen LogP contribution in [-0.2, 0) is 0 Å². The molecule has 1 saturated heterocycles. The Kier molecular flexibility index (Phi) is 5.22. The van der Waals surface area contributed by atoms with Gasteiger partial charge in [-0.15, -0.1) is 0 Å². The van der Waals surface area contributed by atoms with Gasteiger partial charge in [-0.05, 0) is 80.7 Å². The van der Waals surface area contributed by atoms with Crippen molar-refractivity contribution in [3.8, 4) is 5.69 Å². The predicted octanol–water partition coefficient (Wildman–Crippen LogP) is 4.95. The third kappa shape index (κ3) is 3.88. The van der Waals surface area contributed by atoms with Crippen LogP contribution in [0.5, 0.6) is 0 Å². The molecule has 2 heterocycles. The highest BCUT2D eigenvalue weighted by Gasteiger charge is 2.24. The summed E-state index contributed by atoms with van der Waals surface area (Å²) < 4.78 is 15.5. The second kappa shape index (κ2) is 7.63. The van der Waals surface area contributed by atoms with Gasteiger partial charge in [-0.2, -0.15) is 0 Å². The van der Waals surface area contributed by atoms with Crippen LogP contribution in [0.25, 0.3) is 16.6 Å². The summed E-state index contributed by atoms with van der Waals surface area (Å²) in [5, 5.41) is 1.94. The Hall–Kier alpha value is -1.88. The lowest BCUT2D eigenvalue weighted by Gasteiger charge is -2.32. The topological polar surface area (TPSA) is 34.2 Å². The maximum absolute atomic E-state index is 13.4. The number of likely N-dealkylation sites (tertiary alicyclic amines) is 1. The van der Waals surface area contributed by atoms with Crippen molar-refractivity contribution >= 4 is 22.5 Å². The molecule has 0 radical (unpaired) electrons. The van der Waals surface area contributed by atoms with Crippen LogP contribution in [0, 0.1) is 5.82 Å². The summed E-state index contributed by atoms with van der Waals surface area (Å²) in [6.45, 7) is 5.16. The number of nitrogens with two attached hydrogens (primary N) is 1. The number of benzene rings is 2. The zero-order valence-corrected chi connectivity index (χ0v) is 16.3. The molecule has 1 aliphatic rings. The molecule has 4 rings (SSSR count). The largest absolute Gasteiger partial charge is 0.327 e. The van der Waals surface area contributed by atoms with Crippen molar-refractivity contribution in [2.75, 3.05) is 19.6 Å². The number of halogens is 2. The SMILES string of the molecule is CC(N)CN1CCC(c2cn(-c3ccc(F)cc3)c3cc(Cl)ccc23)CC1. The van der Waals surface area contributed by atoms with Crippen LogP contribution in [0.15, 0.2) is 48.7 Å². The maximum Gasteiger partial charge on any atom is 0.123 e. The Balaban J connectivity index is 1.69. The number of hydrogen-bond donors (Lipinski definition) is 1. The quantitative estimate of drug-likeness (QED) is 0.689. The van der Waals surface area contributed by atoms with Gasteiger partial charge in [-0.3, -0.25) is 0 Å². The normalized spacial score (nSPS) is 17.5. The van der Waals surface area contributed by atoms with Crippen molar-refractivity contribution in [2.24, 2.45) is 5.73 Å². The lowest BCUT2D eigenvalue weighted by atomic mass is 9.89. The van der Waals surface area contributed by atoms with E-state index >= 15 is 0 Å². The molecule has 0 bridgehead atoms. The average Bonchev–Trinajstić information content (AvgIpc) is 3.01. The van der Waals surface area contributed by atoms with E-state index in [1.54, 1.807) is 0 Å². The molecular formula is C22H25ClFN3. The maximum atomic E-state index is 13.4. The summed E-state index contributed by atoms with van der Waals surface area (Å²) in [6, 6.07) is 12.9. The number of rotatable bonds is 4. The standard InChI is InChI=1S/C22H25ClFN3/c1-15(25)13-26-10-8-16(9-11-26)21-14-27(19-5-3-18(24)4-6-19)22-12-17(23)2-7-20(21)22/h2-7,12,14-16H,8-11,13,25H2,1H3. The number of aromatic nitrogens is 1. The minimum atomic E-state index is -0.227. The Morgan fingerprint density at radius 3 is 2.52 bits per heavy atom. The Labute approximate surface area is 164 Å². The lowest BCUT2D eigenvalue weighted by Crippen LogP contribution is -2.40. The van der Waals surface area contributed by atoms with Gasteiger partial charge >= 0.3 is 0 Å². The van der Waals surface area contributed by atoms with Crippen molar-refractivity contribution in [3.05, 3.63) is 65.1 Å². The average molecular weight is 386 g/mol. The minimum Gasteiger partial charge on any atom is -0.327 e.